The number of rotatable bonds is 5. The average Bonchev–Trinajstić information content (AvgIpc) is 3.29. The van der Waals surface area contributed by atoms with Gasteiger partial charge in [-0.25, -0.2) is 0 Å². The maximum atomic E-state index is 12.6. The molecule has 0 radical (unpaired) electrons. The van der Waals surface area contributed by atoms with E-state index in [9.17, 15) is 9.59 Å². The van der Waals surface area contributed by atoms with E-state index in [4.69, 9.17) is 9.47 Å². The van der Waals surface area contributed by atoms with Gasteiger partial charge in [0.15, 0.2) is 11.5 Å². The van der Waals surface area contributed by atoms with Crippen LogP contribution in [0.25, 0.3) is 0 Å². The van der Waals surface area contributed by atoms with Gasteiger partial charge in [0, 0.05) is 11.3 Å². The van der Waals surface area contributed by atoms with Crippen molar-refractivity contribution < 1.29 is 19.1 Å². The molecule has 2 aromatic carbocycles. The summed E-state index contributed by atoms with van der Waals surface area (Å²) in [6, 6.07) is 15.9. The standard InChI is InChI=1S/C22H20N2O4S/c1-14(16-6-9-18-19(13-16)28-11-10-27-18)23-21(25)15-4-7-17(8-5-15)24-22(26)20-3-2-12-29-20/h2-9,12-14H,10-11H2,1H3,(H,23,25)(H,24,26)/t14-/m0/s1. The Morgan fingerprint density at radius 2 is 1.72 bits per heavy atom. The van der Waals surface area contributed by atoms with E-state index in [1.807, 2.05) is 36.6 Å². The van der Waals surface area contributed by atoms with Crippen LogP contribution in [0.15, 0.2) is 60.0 Å². The summed E-state index contributed by atoms with van der Waals surface area (Å²) in [5, 5.41) is 7.65. The van der Waals surface area contributed by atoms with Gasteiger partial charge in [0.2, 0.25) is 0 Å². The van der Waals surface area contributed by atoms with Crippen molar-refractivity contribution in [1.29, 1.82) is 0 Å². The van der Waals surface area contributed by atoms with Crippen molar-refractivity contribution >= 4 is 28.8 Å². The predicted octanol–water partition coefficient (Wildman–Crippen LogP) is 4.26. The molecule has 148 valence electrons. The van der Waals surface area contributed by atoms with Crippen LogP contribution in [0.3, 0.4) is 0 Å². The monoisotopic (exact) mass is 408 g/mol. The van der Waals surface area contributed by atoms with Crippen molar-refractivity contribution in [3.8, 4) is 11.5 Å². The molecule has 0 saturated heterocycles. The Morgan fingerprint density at radius 1 is 0.966 bits per heavy atom. The van der Waals surface area contributed by atoms with Gasteiger partial charge in [-0.15, -0.1) is 11.3 Å². The Bertz CT molecular complexity index is 1020. The Balaban J connectivity index is 1.38. The van der Waals surface area contributed by atoms with Gasteiger partial charge in [0.1, 0.15) is 13.2 Å². The molecule has 6 nitrogen and oxygen atoms in total. The third-order valence-electron chi connectivity index (χ3n) is 4.56. The summed E-state index contributed by atoms with van der Waals surface area (Å²) < 4.78 is 11.1. The molecule has 1 atom stereocenters. The largest absolute Gasteiger partial charge is 0.486 e. The number of amides is 2. The maximum Gasteiger partial charge on any atom is 0.265 e. The first-order valence-electron chi connectivity index (χ1n) is 9.25. The lowest BCUT2D eigenvalue weighted by molar-refractivity contribution is 0.0939. The number of carbonyl (C=O) groups excluding carboxylic acids is 2. The zero-order valence-electron chi connectivity index (χ0n) is 15.8. The fourth-order valence-corrected chi connectivity index (χ4v) is 3.62. The molecule has 0 bridgehead atoms. The molecule has 7 heteroatoms. The van der Waals surface area contributed by atoms with E-state index in [2.05, 4.69) is 10.6 Å². The zero-order chi connectivity index (χ0) is 20.2. The molecule has 0 fully saturated rings. The van der Waals surface area contributed by atoms with Crippen LogP contribution in [-0.4, -0.2) is 25.0 Å². The highest BCUT2D eigenvalue weighted by atomic mass is 32.1. The summed E-state index contributed by atoms with van der Waals surface area (Å²) >= 11 is 1.38. The molecule has 2 heterocycles. The smallest absolute Gasteiger partial charge is 0.265 e. The molecule has 0 aliphatic carbocycles. The summed E-state index contributed by atoms with van der Waals surface area (Å²) in [5.74, 6) is 1.06. The minimum atomic E-state index is -0.198. The Labute approximate surface area is 172 Å². The number of hydrogen-bond donors (Lipinski definition) is 2. The second-order valence-electron chi connectivity index (χ2n) is 6.61. The van der Waals surface area contributed by atoms with Crippen molar-refractivity contribution in [3.05, 3.63) is 76.0 Å². The molecule has 1 aromatic heterocycles. The molecular weight excluding hydrogens is 388 g/mol. The Kier molecular flexibility index (Phi) is 5.48. The molecule has 2 N–H and O–H groups in total. The van der Waals surface area contributed by atoms with Crippen LogP contribution in [0, 0.1) is 0 Å². The molecule has 3 aromatic rings. The van der Waals surface area contributed by atoms with Crippen LogP contribution in [-0.2, 0) is 0 Å². The number of fused-ring (bicyclic) bond motifs is 1. The van der Waals surface area contributed by atoms with Crippen LogP contribution in [0.2, 0.25) is 0 Å². The van der Waals surface area contributed by atoms with Crippen molar-refractivity contribution in [1.82, 2.24) is 5.32 Å². The molecule has 4 rings (SSSR count). The molecule has 0 saturated carbocycles. The van der Waals surface area contributed by atoms with Crippen LogP contribution in [0.4, 0.5) is 5.69 Å². The summed E-state index contributed by atoms with van der Waals surface area (Å²) in [4.78, 5) is 25.3. The van der Waals surface area contributed by atoms with Crippen molar-refractivity contribution in [2.45, 2.75) is 13.0 Å². The van der Waals surface area contributed by atoms with E-state index in [-0.39, 0.29) is 17.9 Å². The van der Waals surface area contributed by atoms with Gasteiger partial charge in [-0.2, -0.15) is 0 Å². The van der Waals surface area contributed by atoms with E-state index < -0.39 is 0 Å². The first-order valence-corrected chi connectivity index (χ1v) is 10.1. The van der Waals surface area contributed by atoms with Gasteiger partial charge < -0.3 is 20.1 Å². The van der Waals surface area contributed by atoms with Gasteiger partial charge >= 0.3 is 0 Å². The maximum absolute atomic E-state index is 12.6. The SMILES string of the molecule is C[C@H](NC(=O)c1ccc(NC(=O)c2cccs2)cc1)c1ccc2c(c1)OCCO2. The number of ether oxygens (including phenoxy) is 2. The van der Waals surface area contributed by atoms with E-state index in [1.54, 1.807) is 30.3 Å². The number of carbonyl (C=O) groups is 2. The van der Waals surface area contributed by atoms with Crippen molar-refractivity contribution in [2.75, 3.05) is 18.5 Å². The lowest BCUT2D eigenvalue weighted by Crippen LogP contribution is -2.26. The second-order valence-corrected chi connectivity index (χ2v) is 7.55. The Hall–Kier alpha value is -3.32. The third-order valence-corrected chi connectivity index (χ3v) is 5.43. The minimum absolute atomic E-state index is 0.163. The Morgan fingerprint density at radius 3 is 2.45 bits per heavy atom. The summed E-state index contributed by atoms with van der Waals surface area (Å²) in [7, 11) is 0. The topological polar surface area (TPSA) is 76.7 Å². The third kappa shape index (κ3) is 4.41. The predicted molar refractivity (Wildman–Crippen MR) is 112 cm³/mol. The first-order chi connectivity index (χ1) is 14.1. The van der Waals surface area contributed by atoms with Crippen molar-refractivity contribution in [2.24, 2.45) is 0 Å². The van der Waals surface area contributed by atoms with Gasteiger partial charge in [0.05, 0.1) is 10.9 Å². The van der Waals surface area contributed by atoms with E-state index in [0.717, 1.165) is 11.3 Å². The summed E-state index contributed by atoms with van der Waals surface area (Å²) in [5.41, 5.74) is 2.09. The summed E-state index contributed by atoms with van der Waals surface area (Å²) in [6.07, 6.45) is 0. The first kappa shape index (κ1) is 19.0. The highest BCUT2D eigenvalue weighted by Crippen LogP contribution is 2.32. The summed E-state index contributed by atoms with van der Waals surface area (Å²) in [6.45, 7) is 2.98. The van der Waals surface area contributed by atoms with Gasteiger partial charge in [0.25, 0.3) is 11.8 Å². The number of hydrogen-bond acceptors (Lipinski definition) is 5. The molecule has 2 amide bonds. The fourth-order valence-electron chi connectivity index (χ4n) is 3.00. The highest BCUT2D eigenvalue weighted by molar-refractivity contribution is 7.12. The zero-order valence-corrected chi connectivity index (χ0v) is 16.6. The van der Waals surface area contributed by atoms with Crippen LogP contribution in [0.1, 0.15) is 38.6 Å². The molecular formula is C22H20N2O4S. The molecule has 1 aliphatic rings. The number of thiophene rings is 1. The number of nitrogens with one attached hydrogen (secondary N) is 2. The molecule has 0 spiro atoms. The van der Waals surface area contributed by atoms with Crippen molar-refractivity contribution in [3.63, 3.8) is 0 Å². The second kappa shape index (κ2) is 8.36. The number of benzene rings is 2. The number of anilines is 1. The average molecular weight is 408 g/mol. The van der Waals surface area contributed by atoms with E-state index in [0.29, 0.717) is 35.1 Å². The molecule has 0 unspecified atom stereocenters. The van der Waals surface area contributed by atoms with Gasteiger partial charge in [-0.3, -0.25) is 9.59 Å². The van der Waals surface area contributed by atoms with Crippen LogP contribution in [0.5, 0.6) is 11.5 Å². The minimum Gasteiger partial charge on any atom is -0.486 e. The quantitative estimate of drug-likeness (QED) is 0.661. The van der Waals surface area contributed by atoms with E-state index >= 15 is 0 Å². The van der Waals surface area contributed by atoms with Crippen LogP contribution >= 0.6 is 11.3 Å². The van der Waals surface area contributed by atoms with E-state index in [1.165, 1.54) is 11.3 Å². The van der Waals surface area contributed by atoms with Crippen LogP contribution < -0.4 is 20.1 Å². The highest BCUT2D eigenvalue weighted by Gasteiger charge is 2.16. The normalized spacial score (nSPS) is 13.4. The van der Waals surface area contributed by atoms with Gasteiger partial charge in [-0.1, -0.05) is 12.1 Å². The molecule has 29 heavy (non-hydrogen) atoms. The lowest BCUT2D eigenvalue weighted by atomic mass is 10.1. The lowest BCUT2D eigenvalue weighted by Gasteiger charge is -2.21. The van der Waals surface area contributed by atoms with Gasteiger partial charge in [-0.05, 0) is 60.3 Å². The fraction of sp³-hybridized carbons (Fsp3) is 0.182. The molecule has 1 aliphatic heterocycles.